The average molecular weight is 1560 g/mol. The first-order chi connectivity index (χ1) is 60.4. The molecule has 0 saturated heterocycles. The van der Waals surface area contributed by atoms with Crippen LogP contribution in [-0.4, -0.2) is 18.3 Å². The van der Waals surface area contributed by atoms with Gasteiger partial charge < -0.3 is 18.3 Å². The first kappa shape index (κ1) is 68.3. The summed E-state index contributed by atoms with van der Waals surface area (Å²) in [6.07, 6.45) is 14.1. The highest BCUT2D eigenvalue weighted by Crippen LogP contribution is 2.72. The molecule has 10 aliphatic carbocycles. The van der Waals surface area contributed by atoms with Crippen molar-refractivity contribution in [2.24, 2.45) is 47.3 Å². The van der Waals surface area contributed by atoms with E-state index in [0.29, 0.717) is 0 Å². The highest BCUT2D eigenvalue weighted by molar-refractivity contribution is 6.18. The van der Waals surface area contributed by atoms with Gasteiger partial charge in [0.2, 0.25) is 0 Å². The van der Waals surface area contributed by atoms with Crippen LogP contribution >= 0.6 is 0 Å². The van der Waals surface area contributed by atoms with Gasteiger partial charge in [-0.1, -0.05) is 231 Å². The maximum Gasteiger partial charge on any atom is 0.0547 e. The van der Waals surface area contributed by atoms with E-state index in [9.17, 15) is 0 Å². The van der Waals surface area contributed by atoms with Gasteiger partial charge in [-0.2, -0.15) is 0 Å². The van der Waals surface area contributed by atoms with E-state index in [1.165, 1.54) is 251 Å². The lowest BCUT2D eigenvalue weighted by atomic mass is 9.43. The van der Waals surface area contributed by atoms with Gasteiger partial charge in [-0.15, -0.1) is 0 Å². The summed E-state index contributed by atoms with van der Waals surface area (Å²) in [5, 5.41) is 15.4. The Hall–Kier alpha value is -13.5. The van der Waals surface area contributed by atoms with Gasteiger partial charge in [0.25, 0.3) is 0 Å². The Morgan fingerprint density at radius 1 is 0.172 bits per heavy atom. The number of rotatable bonds is 7. The van der Waals surface area contributed by atoms with E-state index in [1.807, 2.05) is 0 Å². The first-order valence-electron chi connectivity index (χ1n) is 45.1. The van der Waals surface area contributed by atoms with Crippen molar-refractivity contribution in [3.05, 3.63) is 386 Å². The monoisotopic (exact) mass is 1560 g/mol. The second kappa shape index (κ2) is 25.5. The van der Waals surface area contributed by atoms with Crippen molar-refractivity contribution in [1.29, 1.82) is 0 Å². The van der Waals surface area contributed by atoms with Crippen LogP contribution in [-0.2, 0) is 10.8 Å². The standard InChI is InChI=1S/C62H46N2.C56H42N2/c1-2-10-40(11-3-1)41-18-22-48(23-19-41)63-58-17-9-7-15-52(58)53-34-44(20-26-59(53)63)45-21-27-60-54(35-45)55-33-42-12-4-5-13-43(42)36-61(55)64(60)49-24-25-51-50-14-6-8-16-56(50)62(57(51)37-49)46-29-38-28-39(31-46)32-47(62)30-38;1-2-12-42(13-3-1)57-52-17-9-7-15-46(52)47-30-38(18-22-53(47)57)39-19-23-54-48(31-39)49-29-36-10-4-5-11-37(36)32-55(49)58(54)43-20-21-45-44-14-6-8-16-50(44)56(51(45)33-43)40-25-34-24-35(27-40)28-41(56)26-34/h1-27,33-39,46-47H,28-32H2;1-23,29-35,40-41H,24-28H2. The van der Waals surface area contributed by atoms with E-state index in [-0.39, 0.29) is 10.8 Å². The topological polar surface area (TPSA) is 19.7 Å². The molecule has 580 valence electrons. The number of hydrogen-bond acceptors (Lipinski definition) is 0. The van der Waals surface area contributed by atoms with Gasteiger partial charge in [0.1, 0.15) is 0 Å². The summed E-state index contributed by atoms with van der Waals surface area (Å²) in [7, 11) is 0. The summed E-state index contributed by atoms with van der Waals surface area (Å²) in [4.78, 5) is 0. The van der Waals surface area contributed by atoms with Crippen LogP contribution in [0.15, 0.2) is 364 Å². The van der Waals surface area contributed by atoms with Gasteiger partial charge in [0.05, 0.1) is 44.1 Å². The number of nitrogens with zero attached hydrogens (tertiary/aromatic N) is 4. The molecular formula is C118H88N4. The molecule has 4 heteroatoms. The predicted octanol–water partition coefficient (Wildman–Crippen LogP) is 30.5. The van der Waals surface area contributed by atoms with Crippen LogP contribution in [0.2, 0.25) is 0 Å². The van der Waals surface area contributed by atoms with Crippen molar-refractivity contribution in [2.45, 2.75) is 75.0 Å². The number of hydrogen-bond donors (Lipinski definition) is 0. The van der Waals surface area contributed by atoms with Crippen molar-refractivity contribution >= 4 is 109 Å². The molecule has 0 N–H and O–H groups in total. The minimum absolute atomic E-state index is 0.126. The third kappa shape index (κ3) is 9.53. The molecule has 8 bridgehead atoms. The molecule has 0 aliphatic heterocycles. The molecule has 21 aromatic rings. The van der Waals surface area contributed by atoms with E-state index in [2.05, 4.69) is 382 Å². The third-order valence-corrected chi connectivity index (χ3v) is 32.1. The van der Waals surface area contributed by atoms with E-state index in [1.54, 1.807) is 22.3 Å². The van der Waals surface area contributed by atoms with Gasteiger partial charge in [-0.3, -0.25) is 0 Å². The fraction of sp³-hybridized carbons (Fsp3) is 0.169. The zero-order valence-electron chi connectivity index (χ0n) is 68.1. The molecule has 0 radical (unpaired) electrons. The Morgan fingerprint density at radius 2 is 0.459 bits per heavy atom. The molecule has 31 rings (SSSR count). The highest BCUT2D eigenvalue weighted by Gasteiger charge is 2.63. The molecule has 0 amide bonds. The Balaban J connectivity index is 0.000000126. The summed E-state index contributed by atoms with van der Waals surface area (Å²) >= 11 is 0. The molecule has 0 atom stereocenters. The molecule has 0 unspecified atom stereocenters. The zero-order chi connectivity index (χ0) is 79.4. The van der Waals surface area contributed by atoms with Gasteiger partial charge in [-0.25, -0.2) is 0 Å². The van der Waals surface area contributed by atoms with Crippen LogP contribution in [0.3, 0.4) is 0 Å². The van der Waals surface area contributed by atoms with Crippen molar-refractivity contribution < 1.29 is 0 Å². The number of benzene rings is 17. The van der Waals surface area contributed by atoms with Crippen LogP contribution < -0.4 is 0 Å². The third-order valence-electron chi connectivity index (χ3n) is 32.1. The molecule has 4 heterocycles. The maximum atomic E-state index is 2.65. The van der Waals surface area contributed by atoms with Crippen molar-refractivity contribution in [2.75, 3.05) is 0 Å². The van der Waals surface area contributed by atoms with Crippen molar-refractivity contribution in [3.63, 3.8) is 0 Å². The Kier molecular flexibility index (Phi) is 14.3. The van der Waals surface area contributed by atoms with Gasteiger partial charge >= 0.3 is 0 Å². The van der Waals surface area contributed by atoms with Crippen LogP contribution in [0.1, 0.15) is 86.5 Å². The van der Waals surface area contributed by atoms with E-state index in [0.717, 1.165) is 47.3 Å². The fourth-order valence-corrected chi connectivity index (χ4v) is 27.8. The Bertz CT molecular complexity index is 7980. The molecule has 4 nitrogen and oxygen atoms in total. The van der Waals surface area contributed by atoms with Crippen molar-refractivity contribution in [1.82, 2.24) is 18.3 Å². The number of para-hydroxylation sites is 3. The minimum atomic E-state index is 0.126. The quantitative estimate of drug-likeness (QED) is 0.152. The molecule has 10 aliphatic rings. The van der Waals surface area contributed by atoms with Gasteiger partial charge in [0, 0.05) is 76.7 Å². The predicted molar refractivity (Wildman–Crippen MR) is 508 cm³/mol. The van der Waals surface area contributed by atoms with Gasteiger partial charge in [0.15, 0.2) is 0 Å². The lowest BCUT2D eigenvalue weighted by molar-refractivity contribution is -0.0399. The van der Waals surface area contributed by atoms with E-state index < -0.39 is 0 Å². The average Bonchev–Trinajstić information content (AvgIpc) is 1.50. The second-order valence-corrected chi connectivity index (χ2v) is 37.9. The molecule has 4 aromatic heterocycles. The molecule has 8 saturated carbocycles. The van der Waals surface area contributed by atoms with Crippen molar-refractivity contribution in [3.8, 4) is 78.4 Å². The molecule has 2 spiro atoms. The summed E-state index contributed by atoms with van der Waals surface area (Å²) in [5.74, 6) is 6.64. The van der Waals surface area contributed by atoms with Crippen LogP contribution in [0.5, 0.6) is 0 Å². The zero-order valence-corrected chi connectivity index (χ0v) is 68.1. The molecule has 8 fully saturated rings. The molecule has 122 heavy (non-hydrogen) atoms. The summed E-state index contributed by atoms with van der Waals surface area (Å²) < 4.78 is 10.0. The van der Waals surface area contributed by atoms with E-state index in [4.69, 9.17) is 0 Å². The first-order valence-corrected chi connectivity index (χ1v) is 45.1. The lowest BCUT2D eigenvalue weighted by Crippen LogP contribution is -2.55. The number of fused-ring (bicyclic) bond motifs is 20. The van der Waals surface area contributed by atoms with Crippen LogP contribution in [0.4, 0.5) is 0 Å². The summed E-state index contributed by atoms with van der Waals surface area (Å²) in [6.45, 7) is 0. The maximum absolute atomic E-state index is 2.65. The Morgan fingerprint density at radius 3 is 0.877 bits per heavy atom. The molecular weight excluding hydrogens is 1470 g/mol. The summed E-state index contributed by atoms with van der Waals surface area (Å²) in [5.41, 5.74) is 35.0. The normalized spacial score (nSPS) is 22.3. The Labute approximate surface area is 709 Å². The van der Waals surface area contributed by atoms with Crippen LogP contribution in [0.25, 0.3) is 187 Å². The SMILES string of the molecule is c1ccc(-c2ccc(-n3c4ccccc4c4cc(-c5ccc6c(c5)c5cc7ccccc7cc5n6-c5ccc6c(c5)C5(c7ccccc7-6)C6CC7CC(C6)CC5C7)ccc43)cc2)cc1.c1ccc(-n2c3ccccc3c3cc(-c4ccc5c(c4)c4cc6ccccc6cc4n5-c4ccc5c(c4)C4(c6ccccc6-5)C5CC6CC(C5)CC4C6)ccc32)cc1. The van der Waals surface area contributed by atoms with Gasteiger partial charge in [-0.05, 0) is 344 Å². The summed E-state index contributed by atoms with van der Waals surface area (Å²) in [6, 6.07) is 138. The fourth-order valence-electron chi connectivity index (χ4n) is 27.8. The largest absolute Gasteiger partial charge is 0.309 e. The minimum Gasteiger partial charge on any atom is -0.309 e. The number of aromatic nitrogens is 4. The molecule has 17 aromatic carbocycles. The smallest absolute Gasteiger partial charge is 0.0547 e. The lowest BCUT2D eigenvalue weighted by Gasteiger charge is -2.61. The second-order valence-electron chi connectivity index (χ2n) is 37.9. The highest BCUT2D eigenvalue weighted by atomic mass is 15.0. The van der Waals surface area contributed by atoms with E-state index >= 15 is 0 Å². The van der Waals surface area contributed by atoms with Crippen LogP contribution in [0, 0.1) is 47.3 Å².